The molecule has 0 unspecified atom stereocenters. The Morgan fingerprint density at radius 1 is 0.413 bits per heavy atom. The molecule has 2 bridgehead atoms. The largest absolute Gasteiger partial charge is 0.211 e. The van der Waals surface area contributed by atoms with Gasteiger partial charge in [-0.1, -0.05) is 140 Å². The lowest BCUT2D eigenvalue weighted by Crippen LogP contribution is -2.44. The summed E-state index contributed by atoms with van der Waals surface area (Å²) in [5.74, 6) is 2.27. The Balaban J connectivity index is 1.39. The molecule has 1 heterocycles. The molecule has 46 heavy (non-hydrogen) atoms. The Kier molecular flexibility index (Phi) is 5.91. The van der Waals surface area contributed by atoms with Crippen molar-refractivity contribution in [1.82, 2.24) is 15.0 Å². The van der Waals surface area contributed by atoms with Crippen LogP contribution in [-0.2, 0) is 5.41 Å². The van der Waals surface area contributed by atoms with Crippen molar-refractivity contribution in [3.8, 4) is 33.9 Å². The molecule has 10 rings (SSSR count). The van der Waals surface area contributed by atoms with E-state index in [9.17, 15) is 0 Å². The maximum atomic E-state index is 5.48. The van der Waals surface area contributed by atoms with Gasteiger partial charge in [0.05, 0.1) is 0 Å². The number of aryl methyl sites for hydroxylation is 2. The zero-order chi connectivity index (χ0) is 30.8. The molecule has 0 atom stereocenters. The van der Waals surface area contributed by atoms with Crippen molar-refractivity contribution < 1.29 is 0 Å². The van der Waals surface area contributed by atoms with Gasteiger partial charge in [0.15, 0.2) is 17.5 Å². The summed E-state index contributed by atoms with van der Waals surface area (Å²) in [5, 5.41) is 0. The van der Waals surface area contributed by atoms with E-state index in [0.29, 0.717) is 11.6 Å². The number of hydrogen-bond acceptors (Lipinski definition) is 3. The molecule has 3 heteroatoms. The van der Waals surface area contributed by atoms with E-state index >= 15 is 0 Å². The number of hydrogen-bond donors (Lipinski definition) is 0. The average molecular weight is 590 g/mol. The maximum Gasteiger partial charge on any atom is 0.163 e. The monoisotopic (exact) mass is 589 g/mol. The molecule has 218 valence electrons. The van der Waals surface area contributed by atoms with Crippen molar-refractivity contribution in [2.24, 2.45) is 0 Å². The van der Waals surface area contributed by atoms with Crippen LogP contribution in [0.3, 0.4) is 0 Å². The summed E-state index contributed by atoms with van der Waals surface area (Å²) in [6.07, 6.45) is 0. The molecule has 7 aromatic rings. The maximum absolute atomic E-state index is 5.48. The van der Waals surface area contributed by atoms with E-state index in [1.54, 1.807) is 0 Å². The van der Waals surface area contributed by atoms with Crippen LogP contribution in [0.4, 0.5) is 0 Å². The van der Waals surface area contributed by atoms with Gasteiger partial charge >= 0.3 is 0 Å². The summed E-state index contributed by atoms with van der Waals surface area (Å²) in [6.45, 7) is 4.43. The van der Waals surface area contributed by atoms with Crippen LogP contribution < -0.4 is 0 Å². The molecule has 0 radical (unpaired) electrons. The van der Waals surface area contributed by atoms with Crippen molar-refractivity contribution >= 4 is 0 Å². The van der Waals surface area contributed by atoms with Gasteiger partial charge in [-0.05, 0) is 75.5 Å². The molecule has 3 aliphatic rings. The number of benzene rings is 6. The highest BCUT2D eigenvalue weighted by Crippen LogP contribution is 2.61. The molecule has 0 amide bonds. The second-order valence-electron chi connectivity index (χ2n) is 12.5. The molecule has 0 saturated heterocycles. The predicted octanol–water partition coefficient (Wildman–Crippen LogP) is 9.68. The van der Waals surface area contributed by atoms with Crippen molar-refractivity contribution in [1.29, 1.82) is 0 Å². The van der Waals surface area contributed by atoms with Crippen molar-refractivity contribution in [2.75, 3.05) is 0 Å². The van der Waals surface area contributed by atoms with E-state index in [4.69, 9.17) is 15.0 Å². The fraction of sp³-hybridized carbons (Fsp3) is 0.0930. The summed E-state index contributed by atoms with van der Waals surface area (Å²) < 4.78 is 0. The van der Waals surface area contributed by atoms with Gasteiger partial charge in [-0.3, -0.25) is 0 Å². The Morgan fingerprint density at radius 2 is 0.935 bits per heavy atom. The molecule has 0 aliphatic heterocycles. The second-order valence-corrected chi connectivity index (χ2v) is 12.5. The van der Waals surface area contributed by atoms with Crippen LogP contribution in [0.25, 0.3) is 33.9 Å². The molecular weight excluding hydrogens is 558 g/mol. The van der Waals surface area contributed by atoms with Crippen molar-refractivity contribution in [3.05, 3.63) is 196 Å². The Morgan fingerprint density at radius 3 is 1.61 bits per heavy atom. The highest BCUT2D eigenvalue weighted by atomic mass is 15.0. The highest BCUT2D eigenvalue weighted by Gasteiger charge is 2.54. The number of aromatic nitrogens is 3. The molecule has 3 nitrogen and oxygen atoms in total. The average Bonchev–Trinajstić information content (AvgIpc) is 3.12. The van der Waals surface area contributed by atoms with Crippen LogP contribution >= 0.6 is 0 Å². The van der Waals surface area contributed by atoms with Crippen molar-refractivity contribution in [2.45, 2.75) is 25.2 Å². The molecule has 3 aliphatic carbocycles. The molecular formula is C43H31N3. The summed E-state index contributed by atoms with van der Waals surface area (Å²) in [6, 6.07) is 52.0. The summed E-state index contributed by atoms with van der Waals surface area (Å²) in [5.41, 5.74) is 13.9. The van der Waals surface area contributed by atoms with Crippen molar-refractivity contribution in [3.63, 3.8) is 0 Å². The molecule has 0 spiro atoms. The molecule has 1 aromatic heterocycles. The first-order chi connectivity index (χ1) is 22.6. The summed E-state index contributed by atoms with van der Waals surface area (Å²) in [7, 11) is 0. The SMILES string of the molecule is Cc1cc2c(cc1C)C1(c3nc(-c4ccccc4)nc(-c4cccc(-c5ccccc5)c4)n3)c3ccccc3C2c2ccccc21. The smallest absolute Gasteiger partial charge is 0.163 e. The first kappa shape index (κ1) is 26.7. The third-order valence-electron chi connectivity index (χ3n) is 9.96. The third-order valence-corrected chi connectivity index (χ3v) is 9.96. The Bertz CT molecular complexity index is 2240. The van der Waals surface area contributed by atoms with E-state index < -0.39 is 5.41 Å². The first-order valence-electron chi connectivity index (χ1n) is 15.9. The fourth-order valence-corrected chi connectivity index (χ4v) is 7.74. The van der Waals surface area contributed by atoms with Crippen LogP contribution in [0.1, 0.15) is 56.2 Å². The molecule has 0 fully saturated rings. The van der Waals surface area contributed by atoms with Gasteiger partial charge in [0.1, 0.15) is 5.41 Å². The first-order valence-corrected chi connectivity index (χ1v) is 15.9. The van der Waals surface area contributed by atoms with E-state index in [1.165, 1.54) is 44.5 Å². The summed E-state index contributed by atoms with van der Waals surface area (Å²) >= 11 is 0. The third kappa shape index (κ3) is 3.81. The summed E-state index contributed by atoms with van der Waals surface area (Å²) in [4.78, 5) is 16.1. The lowest BCUT2D eigenvalue weighted by Gasteiger charge is -2.50. The van der Waals surface area contributed by atoms with E-state index in [0.717, 1.165) is 28.1 Å². The van der Waals surface area contributed by atoms with Gasteiger partial charge in [-0.2, -0.15) is 0 Å². The van der Waals surface area contributed by atoms with Crippen LogP contribution in [-0.4, -0.2) is 15.0 Å². The lowest BCUT2D eigenvalue weighted by molar-refractivity contribution is 0.590. The van der Waals surface area contributed by atoms with Crippen LogP contribution in [0.2, 0.25) is 0 Å². The second kappa shape index (κ2) is 10.2. The van der Waals surface area contributed by atoms with Gasteiger partial charge < -0.3 is 0 Å². The van der Waals surface area contributed by atoms with Gasteiger partial charge in [0, 0.05) is 17.0 Å². The van der Waals surface area contributed by atoms with Gasteiger partial charge in [0.2, 0.25) is 0 Å². The fourth-order valence-electron chi connectivity index (χ4n) is 7.74. The Labute approximate surface area is 269 Å². The highest BCUT2D eigenvalue weighted by molar-refractivity contribution is 5.77. The lowest BCUT2D eigenvalue weighted by atomic mass is 9.52. The molecule has 0 N–H and O–H groups in total. The van der Waals surface area contributed by atoms with E-state index in [2.05, 4.69) is 135 Å². The van der Waals surface area contributed by atoms with Crippen LogP contribution in [0.5, 0.6) is 0 Å². The van der Waals surface area contributed by atoms with Gasteiger partial charge in [-0.25, -0.2) is 15.0 Å². The molecule has 0 saturated carbocycles. The topological polar surface area (TPSA) is 38.7 Å². The van der Waals surface area contributed by atoms with Crippen LogP contribution in [0, 0.1) is 13.8 Å². The normalized spacial score (nSPS) is 17.2. The van der Waals surface area contributed by atoms with Crippen LogP contribution in [0.15, 0.2) is 146 Å². The zero-order valence-corrected chi connectivity index (χ0v) is 25.8. The minimum absolute atomic E-state index is 0.168. The predicted molar refractivity (Wildman–Crippen MR) is 185 cm³/mol. The quantitative estimate of drug-likeness (QED) is 0.205. The number of nitrogens with zero attached hydrogens (tertiary/aromatic N) is 3. The van der Waals surface area contributed by atoms with Gasteiger partial charge in [0.25, 0.3) is 0 Å². The zero-order valence-electron chi connectivity index (χ0n) is 25.8. The van der Waals surface area contributed by atoms with E-state index in [1.807, 2.05) is 24.3 Å². The standard InChI is InChI=1S/C43H31N3/c1-27-24-35-38(25-28(27)2)43(36-22-11-9-20-33(36)39(35)34-21-10-12-23-37(34)43)42-45-40(30-16-7-4-8-17-30)44-41(46-42)32-19-13-18-31(26-32)29-14-5-3-6-15-29/h3-26,39H,1-2H3. The van der Waals surface area contributed by atoms with E-state index in [-0.39, 0.29) is 5.92 Å². The molecule has 6 aromatic carbocycles. The Hall–Kier alpha value is -5.67. The van der Waals surface area contributed by atoms with Gasteiger partial charge in [-0.15, -0.1) is 0 Å². The minimum atomic E-state index is -0.700. The number of rotatable bonds is 4. The minimum Gasteiger partial charge on any atom is -0.211 e.